The van der Waals surface area contributed by atoms with Crippen LogP contribution in [0.4, 0.5) is 11.6 Å². The van der Waals surface area contributed by atoms with Crippen LogP contribution in [0.3, 0.4) is 0 Å². The van der Waals surface area contributed by atoms with Gasteiger partial charge in [-0.3, -0.25) is 4.79 Å². The van der Waals surface area contributed by atoms with Gasteiger partial charge in [0.2, 0.25) is 5.95 Å². The van der Waals surface area contributed by atoms with E-state index in [9.17, 15) is 4.79 Å². The van der Waals surface area contributed by atoms with Crippen molar-refractivity contribution in [3.05, 3.63) is 82.1 Å². The molecule has 0 aliphatic heterocycles. The summed E-state index contributed by atoms with van der Waals surface area (Å²) in [5, 5.41) is 6.73. The second-order valence-corrected chi connectivity index (χ2v) is 7.27. The first-order valence-electron chi connectivity index (χ1n) is 9.17. The van der Waals surface area contributed by atoms with Crippen LogP contribution in [0.5, 0.6) is 0 Å². The summed E-state index contributed by atoms with van der Waals surface area (Å²) in [5.41, 5.74) is 3.97. The Kier molecular flexibility index (Phi) is 6.26. The predicted octanol–water partition coefficient (Wildman–Crippen LogP) is 5.24. The fourth-order valence-electron chi connectivity index (χ4n) is 2.88. The number of para-hydroxylation sites is 1. The lowest BCUT2D eigenvalue weighted by Crippen LogP contribution is -2.24. The van der Waals surface area contributed by atoms with E-state index in [1.165, 1.54) is 0 Å². The maximum absolute atomic E-state index is 12.6. The van der Waals surface area contributed by atoms with E-state index in [1.807, 2.05) is 43.3 Å². The molecule has 1 aromatic heterocycles. The average molecular weight is 395 g/mol. The van der Waals surface area contributed by atoms with Gasteiger partial charge in [0.25, 0.3) is 5.91 Å². The minimum Gasteiger partial charge on any atom is -0.347 e. The van der Waals surface area contributed by atoms with E-state index in [0.717, 1.165) is 16.8 Å². The molecule has 0 fully saturated rings. The summed E-state index contributed by atoms with van der Waals surface area (Å²) in [7, 11) is 0. The summed E-state index contributed by atoms with van der Waals surface area (Å²) in [6.07, 6.45) is 0. The zero-order chi connectivity index (χ0) is 20.1. The molecule has 1 heterocycles. The van der Waals surface area contributed by atoms with Crippen LogP contribution < -0.4 is 10.6 Å². The van der Waals surface area contributed by atoms with Gasteiger partial charge in [0, 0.05) is 22.9 Å². The largest absolute Gasteiger partial charge is 0.347 e. The molecule has 0 bridgehead atoms. The fourth-order valence-corrected chi connectivity index (χ4v) is 3.09. The Morgan fingerprint density at radius 3 is 2.54 bits per heavy atom. The van der Waals surface area contributed by atoms with Gasteiger partial charge in [-0.15, -0.1) is 0 Å². The molecule has 0 saturated carbocycles. The topological polar surface area (TPSA) is 66.9 Å². The van der Waals surface area contributed by atoms with Crippen LogP contribution in [0.15, 0.2) is 54.6 Å². The monoisotopic (exact) mass is 394 g/mol. The smallest absolute Gasteiger partial charge is 0.270 e. The van der Waals surface area contributed by atoms with Crippen molar-refractivity contribution >= 4 is 29.1 Å². The number of halogens is 1. The van der Waals surface area contributed by atoms with E-state index in [2.05, 4.69) is 40.5 Å². The summed E-state index contributed by atoms with van der Waals surface area (Å²) in [5.74, 6) is 0.480. The lowest BCUT2D eigenvalue weighted by atomic mass is 10.0. The Hall–Kier alpha value is -2.92. The number of anilines is 2. The van der Waals surface area contributed by atoms with Crippen LogP contribution in [0.1, 0.15) is 47.1 Å². The van der Waals surface area contributed by atoms with Gasteiger partial charge in [0.1, 0.15) is 5.69 Å². The number of rotatable bonds is 6. The second kappa shape index (κ2) is 8.85. The molecule has 0 atom stereocenters. The third-order valence-corrected chi connectivity index (χ3v) is 4.68. The van der Waals surface area contributed by atoms with E-state index in [0.29, 0.717) is 34.8 Å². The lowest BCUT2D eigenvalue weighted by Gasteiger charge is -2.14. The Balaban J connectivity index is 1.78. The molecule has 3 rings (SSSR count). The van der Waals surface area contributed by atoms with Gasteiger partial charge in [0.15, 0.2) is 0 Å². The zero-order valence-corrected chi connectivity index (χ0v) is 16.9. The summed E-state index contributed by atoms with van der Waals surface area (Å²) in [6.45, 7) is 6.43. The van der Waals surface area contributed by atoms with Crippen molar-refractivity contribution in [1.29, 1.82) is 0 Å². The third kappa shape index (κ3) is 4.87. The predicted molar refractivity (Wildman–Crippen MR) is 113 cm³/mol. The maximum atomic E-state index is 12.6. The first-order valence-corrected chi connectivity index (χ1v) is 9.55. The van der Waals surface area contributed by atoms with Gasteiger partial charge in [-0.05, 0) is 42.2 Å². The van der Waals surface area contributed by atoms with E-state index in [1.54, 1.807) is 12.1 Å². The lowest BCUT2D eigenvalue weighted by molar-refractivity contribution is 0.0946. The van der Waals surface area contributed by atoms with Gasteiger partial charge in [0.05, 0.1) is 0 Å². The molecule has 0 aliphatic carbocycles. The summed E-state index contributed by atoms with van der Waals surface area (Å²) < 4.78 is 0. The molecule has 144 valence electrons. The highest BCUT2D eigenvalue weighted by Gasteiger charge is 2.13. The molecule has 0 saturated heterocycles. The van der Waals surface area contributed by atoms with E-state index in [-0.39, 0.29) is 5.91 Å². The van der Waals surface area contributed by atoms with Crippen LogP contribution in [-0.4, -0.2) is 15.9 Å². The molecular formula is C22H23ClN4O. The Labute approximate surface area is 170 Å². The highest BCUT2D eigenvalue weighted by molar-refractivity contribution is 6.31. The summed E-state index contributed by atoms with van der Waals surface area (Å²) in [6, 6.07) is 17.1. The number of amides is 1. The molecule has 0 aliphatic rings. The van der Waals surface area contributed by atoms with Crippen molar-refractivity contribution in [3.63, 3.8) is 0 Å². The zero-order valence-electron chi connectivity index (χ0n) is 16.2. The first kappa shape index (κ1) is 19.8. The third-order valence-electron chi connectivity index (χ3n) is 4.31. The van der Waals surface area contributed by atoms with Crippen LogP contribution in [0.2, 0.25) is 5.02 Å². The Bertz CT molecular complexity index is 988. The molecule has 6 heteroatoms. The molecule has 28 heavy (non-hydrogen) atoms. The SMILES string of the molecule is Cc1cc(C(=O)NCc2ccccc2Cl)nc(Nc2ccccc2C(C)C)n1. The van der Waals surface area contributed by atoms with Gasteiger partial charge >= 0.3 is 0 Å². The van der Waals surface area contributed by atoms with Gasteiger partial charge in [-0.1, -0.05) is 61.8 Å². The molecule has 3 aromatic rings. The number of benzene rings is 2. The fraction of sp³-hybridized carbons (Fsp3) is 0.227. The molecule has 0 spiro atoms. The summed E-state index contributed by atoms with van der Waals surface area (Å²) >= 11 is 6.15. The molecule has 1 amide bonds. The number of aromatic nitrogens is 2. The minimum atomic E-state index is -0.273. The average Bonchev–Trinajstić information content (AvgIpc) is 2.67. The van der Waals surface area contributed by atoms with Crippen LogP contribution in [0, 0.1) is 6.92 Å². The highest BCUT2D eigenvalue weighted by atomic mass is 35.5. The number of carbonyl (C=O) groups is 1. The van der Waals surface area contributed by atoms with Gasteiger partial charge in [-0.2, -0.15) is 0 Å². The first-order chi connectivity index (χ1) is 13.4. The maximum Gasteiger partial charge on any atom is 0.270 e. The normalized spacial score (nSPS) is 10.8. The number of hydrogen-bond donors (Lipinski definition) is 2. The summed E-state index contributed by atoms with van der Waals surface area (Å²) in [4.78, 5) is 21.4. The Morgan fingerprint density at radius 1 is 1.07 bits per heavy atom. The molecule has 2 aromatic carbocycles. The number of nitrogens with zero attached hydrogens (tertiary/aromatic N) is 2. The molecule has 0 unspecified atom stereocenters. The van der Waals surface area contributed by atoms with Crippen molar-refractivity contribution in [3.8, 4) is 0 Å². The quantitative estimate of drug-likeness (QED) is 0.600. The van der Waals surface area contributed by atoms with Crippen molar-refractivity contribution < 1.29 is 4.79 Å². The van der Waals surface area contributed by atoms with Crippen molar-refractivity contribution in [2.24, 2.45) is 0 Å². The van der Waals surface area contributed by atoms with Crippen LogP contribution in [0.25, 0.3) is 0 Å². The Morgan fingerprint density at radius 2 is 1.79 bits per heavy atom. The molecular weight excluding hydrogens is 372 g/mol. The van der Waals surface area contributed by atoms with E-state index < -0.39 is 0 Å². The molecule has 0 radical (unpaired) electrons. The van der Waals surface area contributed by atoms with Crippen molar-refractivity contribution in [1.82, 2.24) is 15.3 Å². The number of aryl methyl sites for hydroxylation is 1. The second-order valence-electron chi connectivity index (χ2n) is 6.86. The number of carbonyl (C=O) groups excluding carboxylic acids is 1. The minimum absolute atomic E-state index is 0.273. The number of hydrogen-bond acceptors (Lipinski definition) is 4. The van der Waals surface area contributed by atoms with Gasteiger partial charge < -0.3 is 10.6 Å². The standard InChI is InChI=1S/C22H23ClN4O/c1-14(2)17-9-5-7-11-19(17)26-22-25-15(3)12-20(27-22)21(28)24-13-16-8-4-6-10-18(16)23/h4-12,14H,13H2,1-3H3,(H,24,28)(H,25,26,27). The van der Waals surface area contributed by atoms with Crippen molar-refractivity contribution in [2.75, 3.05) is 5.32 Å². The van der Waals surface area contributed by atoms with Gasteiger partial charge in [-0.25, -0.2) is 9.97 Å². The molecule has 2 N–H and O–H groups in total. The van der Waals surface area contributed by atoms with Crippen LogP contribution in [-0.2, 0) is 6.54 Å². The van der Waals surface area contributed by atoms with Crippen LogP contribution >= 0.6 is 11.6 Å². The van der Waals surface area contributed by atoms with E-state index >= 15 is 0 Å². The van der Waals surface area contributed by atoms with Crippen molar-refractivity contribution in [2.45, 2.75) is 33.2 Å². The number of nitrogens with one attached hydrogen (secondary N) is 2. The van der Waals surface area contributed by atoms with E-state index in [4.69, 9.17) is 11.6 Å². The molecule has 5 nitrogen and oxygen atoms in total. The highest BCUT2D eigenvalue weighted by Crippen LogP contribution is 2.25.